The number of pyridine rings is 1. The van der Waals surface area contributed by atoms with Crippen LogP contribution in [0.1, 0.15) is 25.5 Å². The molecule has 1 aliphatic rings. The number of aryl methyl sites for hydroxylation is 1. The number of fused-ring (bicyclic) bond motifs is 1. The Labute approximate surface area is 99.6 Å². The minimum absolute atomic E-state index is 0.137. The number of rotatable bonds is 3. The highest BCUT2D eigenvalue weighted by Crippen LogP contribution is 2.31. The average molecular weight is 229 g/mol. The summed E-state index contributed by atoms with van der Waals surface area (Å²) < 4.78 is 1.82. The molecule has 88 valence electrons. The molecule has 1 fully saturated rings. The first-order chi connectivity index (χ1) is 8.29. The minimum atomic E-state index is 0.137. The lowest BCUT2D eigenvalue weighted by atomic mass is 10.2. The van der Waals surface area contributed by atoms with Crippen LogP contribution >= 0.6 is 0 Å². The van der Waals surface area contributed by atoms with Crippen LogP contribution in [0.25, 0.3) is 5.52 Å². The van der Waals surface area contributed by atoms with Crippen molar-refractivity contribution in [2.75, 3.05) is 5.32 Å². The Morgan fingerprint density at radius 2 is 2.35 bits per heavy atom. The summed E-state index contributed by atoms with van der Waals surface area (Å²) in [5.74, 6) is 0.358. The number of anilines is 1. The van der Waals surface area contributed by atoms with Crippen molar-refractivity contribution in [2.24, 2.45) is 5.92 Å². The highest BCUT2D eigenvalue weighted by Gasteiger charge is 2.30. The van der Waals surface area contributed by atoms with Gasteiger partial charge < -0.3 is 5.32 Å². The van der Waals surface area contributed by atoms with Crippen molar-refractivity contribution in [3.63, 3.8) is 0 Å². The van der Waals surface area contributed by atoms with E-state index in [1.165, 1.54) is 0 Å². The zero-order valence-electron chi connectivity index (χ0n) is 9.81. The Morgan fingerprint density at radius 1 is 1.53 bits per heavy atom. The topological polar surface area (TPSA) is 46.4 Å². The fraction of sp³-hybridized carbons (Fsp3) is 0.385. The Bertz CT molecular complexity index is 569. The van der Waals surface area contributed by atoms with Crippen molar-refractivity contribution < 1.29 is 4.79 Å². The molecule has 1 N–H and O–H groups in total. The van der Waals surface area contributed by atoms with E-state index >= 15 is 0 Å². The third-order valence-electron chi connectivity index (χ3n) is 3.14. The molecule has 0 spiro atoms. The van der Waals surface area contributed by atoms with Gasteiger partial charge in [0.05, 0.1) is 16.9 Å². The predicted octanol–water partition coefficient (Wildman–Crippen LogP) is 2.25. The maximum absolute atomic E-state index is 11.8. The lowest BCUT2D eigenvalue weighted by Gasteiger charge is -2.03. The minimum Gasteiger partial charge on any atom is -0.322 e. The molecule has 2 heterocycles. The molecular formula is C13H15N3O. The molecule has 0 aromatic carbocycles. The van der Waals surface area contributed by atoms with Gasteiger partial charge in [-0.2, -0.15) is 5.10 Å². The van der Waals surface area contributed by atoms with Gasteiger partial charge in [0.15, 0.2) is 0 Å². The summed E-state index contributed by atoms with van der Waals surface area (Å²) in [6.45, 7) is 2.05. The van der Waals surface area contributed by atoms with E-state index in [9.17, 15) is 4.79 Å². The lowest BCUT2D eigenvalue weighted by Crippen LogP contribution is -2.14. The monoisotopic (exact) mass is 229 g/mol. The molecule has 4 nitrogen and oxygen atoms in total. The van der Waals surface area contributed by atoms with Gasteiger partial charge in [0.2, 0.25) is 5.91 Å². The van der Waals surface area contributed by atoms with Crippen molar-refractivity contribution in [1.29, 1.82) is 0 Å². The van der Waals surface area contributed by atoms with Gasteiger partial charge in [-0.05, 0) is 31.4 Å². The van der Waals surface area contributed by atoms with Gasteiger partial charge in [-0.1, -0.05) is 13.0 Å². The SMILES string of the molecule is CCc1nn2ccccc2c1NC(=O)C1CC1. The summed E-state index contributed by atoms with van der Waals surface area (Å²) >= 11 is 0. The van der Waals surface area contributed by atoms with E-state index in [1.807, 2.05) is 28.9 Å². The van der Waals surface area contributed by atoms with Crippen molar-refractivity contribution in [3.8, 4) is 0 Å². The van der Waals surface area contributed by atoms with Crippen molar-refractivity contribution in [1.82, 2.24) is 9.61 Å². The van der Waals surface area contributed by atoms with Crippen LogP contribution in [0.5, 0.6) is 0 Å². The van der Waals surface area contributed by atoms with E-state index in [0.717, 1.165) is 36.2 Å². The Kier molecular flexibility index (Phi) is 2.35. The summed E-state index contributed by atoms with van der Waals surface area (Å²) in [6.07, 6.45) is 4.77. The zero-order valence-corrected chi connectivity index (χ0v) is 9.81. The van der Waals surface area contributed by atoms with Gasteiger partial charge in [0, 0.05) is 12.1 Å². The van der Waals surface area contributed by atoms with Crippen LogP contribution < -0.4 is 5.32 Å². The van der Waals surface area contributed by atoms with E-state index in [4.69, 9.17) is 0 Å². The molecule has 0 bridgehead atoms. The van der Waals surface area contributed by atoms with Crippen LogP contribution in [-0.4, -0.2) is 15.5 Å². The van der Waals surface area contributed by atoms with Crippen LogP contribution in [0.15, 0.2) is 24.4 Å². The summed E-state index contributed by atoms with van der Waals surface area (Å²) in [4.78, 5) is 11.8. The Hall–Kier alpha value is -1.84. The first-order valence-electron chi connectivity index (χ1n) is 6.06. The number of hydrogen-bond donors (Lipinski definition) is 1. The van der Waals surface area contributed by atoms with Crippen LogP contribution in [0.2, 0.25) is 0 Å². The molecule has 3 rings (SSSR count). The Morgan fingerprint density at radius 3 is 3.06 bits per heavy atom. The van der Waals surface area contributed by atoms with E-state index in [2.05, 4.69) is 17.3 Å². The van der Waals surface area contributed by atoms with Crippen LogP contribution in [0, 0.1) is 5.92 Å². The van der Waals surface area contributed by atoms with Crippen LogP contribution in [0.3, 0.4) is 0 Å². The number of nitrogens with one attached hydrogen (secondary N) is 1. The molecule has 0 saturated heterocycles. The van der Waals surface area contributed by atoms with Gasteiger partial charge in [0.25, 0.3) is 0 Å². The third kappa shape index (κ3) is 1.79. The van der Waals surface area contributed by atoms with Crippen molar-refractivity contribution in [3.05, 3.63) is 30.1 Å². The highest BCUT2D eigenvalue weighted by atomic mass is 16.2. The highest BCUT2D eigenvalue weighted by molar-refractivity contribution is 5.98. The van der Waals surface area contributed by atoms with Crippen LogP contribution in [0.4, 0.5) is 5.69 Å². The number of amides is 1. The first kappa shape index (κ1) is 10.3. The number of carbonyl (C=O) groups is 1. The fourth-order valence-corrected chi connectivity index (χ4v) is 2.00. The molecule has 0 aliphatic heterocycles. The molecule has 0 unspecified atom stereocenters. The second kappa shape index (κ2) is 3.87. The molecule has 2 aromatic heterocycles. The van der Waals surface area contributed by atoms with Crippen molar-refractivity contribution in [2.45, 2.75) is 26.2 Å². The van der Waals surface area contributed by atoms with E-state index in [-0.39, 0.29) is 11.8 Å². The molecule has 17 heavy (non-hydrogen) atoms. The van der Waals surface area contributed by atoms with Crippen LogP contribution in [-0.2, 0) is 11.2 Å². The number of hydrogen-bond acceptors (Lipinski definition) is 2. The molecule has 0 radical (unpaired) electrons. The predicted molar refractivity (Wildman–Crippen MR) is 65.9 cm³/mol. The summed E-state index contributed by atoms with van der Waals surface area (Å²) in [7, 11) is 0. The largest absolute Gasteiger partial charge is 0.322 e. The first-order valence-corrected chi connectivity index (χ1v) is 6.06. The van der Waals surface area contributed by atoms with Gasteiger partial charge in [-0.15, -0.1) is 0 Å². The van der Waals surface area contributed by atoms with Gasteiger partial charge >= 0.3 is 0 Å². The molecular weight excluding hydrogens is 214 g/mol. The fourth-order valence-electron chi connectivity index (χ4n) is 2.00. The molecule has 1 saturated carbocycles. The molecule has 2 aromatic rings. The lowest BCUT2D eigenvalue weighted by molar-refractivity contribution is -0.117. The standard InChI is InChI=1S/C13H15N3O/c1-2-10-12(14-13(17)9-6-7-9)11-5-3-4-8-16(11)15-10/h3-5,8-9H,2,6-7H2,1H3,(H,14,17). The molecule has 1 aliphatic carbocycles. The molecule has 4 heteroatoms. The van der Waals surface area contributed by atoms with E-state index in [0.29, 0.717) is 0 Å². The van der Waals surface area contributed by atoms with Crippen molar-refractivity contribution >= 4 is 17.1 Å². The molecule has 0 atom stereocenters. The quantitative estimate of drug-likeness (QED) is 0.877. The van der Waals surface area contributed by atoms with Gasteiger partial charge in [-0.3, -0.25) is 4.79 Å². The third-order valence-corrected chi connectivity index (χ3v) is 3.14. The smallest absolute Gasteiger partial charge is 0.227 e. The summed E-state index contributed by atoms with van der Waals surface area (Å²) in [6, 6.07) is 5.88. The Balaban J connectivity index is 2.02. The number of nitrogens with zero attached hydrogens (tertiary/aromatic N) is 2. The summed E-state index contributed by atoms with van der Waals surface area (Å²) in [5, 5.41) is 7.49. The number of aromatic nitrogens is 2. The van der Waals surface area contributed by atoms with Gasteiger partial charge in [-0.25, -0.2) is 4.52 Å². The average Bonchev–Trinajstić information content (AvgIpc) is 3.14. The zero-order chi connectivity index (χ0) is 11.8. The second-order valence-electron chi connectivity index (χ2n) is 4.47. The molecule has 1 amide bonds. The van der Waals surface area contributed by atoms with Gasteiger partial charge in [0.1, 0.15) is 0 Å². The summed E-state index contributed by atoms with van der Waals surface area (Å²) in [5.41, 5.74) is 2.80. The normalized spacial score (nSPS) is 15.1. The van der Waals surface area contributed by atoms with E-state index < -0.39 is 0 Å². The maximum Gasteiger partial charge on any atom is 0.227 e. The maximum atomic E-state index is 11.8. The second-order valence-corrected chi connectivity index (χ2v) is 4.47. The van der Waals surface area contributed by atoms with E-state index in [1.54, 1.807) is 0 Å². The number of carbonyl (C=O) groups excluding carboxylic acids is 1.